The highest BCUT2D eigenvalue weighted by atomic mass is 19.1. The van der Waals surface area contributed by atoms with Crippen LogP contribution in [0.15, 0.2) is 40.8 Å². The maximum Gasteiger partial charge on any atom is 0.123 e. The van der Waals surface area contributed by atoms with E-state index in [9.17, 15) is 4.39 Å². The summed E-state index contributed by atoms with van der Waals surface area (Å²) in [4.78, 5) is 2.03. The van der Waals surface area contributed by atoms with Crippen molar-refractivity contribution in [3.05, 3.63) is 53.7 Å². The smallest absolute Gasteiger partial charge is 0.123 e. The Labute approximate surface area is 119 Å². The molecule has 1 heterocycles. The summed E-state index contributed by atoms with van der Waals surface area (Å²) in [7, 11) is 1.96. The van der Waals surface area contributed by atoms with Crippen LogP contribution in [0.5, 0.6) is 0 Å². The van der Waals surface area contributed by atoms with Gasteiger partial charge in [0.1, 0.15) is 17.3 Å². The van der Waals surface area contributed by atoms with E-state index in [1.54, 1.807) is 12.1 Å². The lowest BCUT2D eigenvalue weighted by Gasteiger charge is -2.17. The van der Waals surface area contributed by atoms with Gasteiger partial charge < -0.3 is 14.6 Å². The van der Waals surface area contributed by atoms with Crippen LogP contribution in [0.1, 0.15) is 25.4 Å². The van der Waals surface area contributed by atoms with Gasteiger partial charge in [0.05, 0.1) is 13.1 Å². The lowest BCUT2D eigenvalue weighted by molar-refractivity contribution is 0.434. The Balaban J connectivity index is 1.94. The van der Waals surface area contributed by atoms with Crippen molar-refractivity contribution in [3.63, 3.8) is 0 Å². The monoisotopic (exact) mass is 276 g/mol. The van der Waals surface area contributed by atoms with Crippen molar-refractivity contribution in [1.82, 2.24) is 5.32 Å². The molecule has 0 aliphatic heterocycles. The van der Waals surface area contributed by atoms with E-state index in [-0.39, 0.29) is 5.82 Å². The highest BCUT2D eigenvalue weighted by Crippen LogP contribution is 2.17. The Hall–Kier alpha value is -1.81. The molecule has 20 heavy (non-hydrogen) atoms. The van der Waals surface area contributed by atoms with Gasteiger partial charge in [-0.2, -0.15) is 0 Å². The number of hydrogen-bond donors (Lipinski definition) is 1. The molecule has 0 unspecified atom stereocenters. The first-order chi connectivity index (χ1) is 9.54. The van der Waals surface area contributed by atoms with Crippen molar-refractivity contribution in [1.29, 1.82) is 0 Å². The molecule has 108 valence electrons. The number of halogens is 1. The standard InChI is InChI=1S/C16H21FN2O/c1-12(2)18-10-15-8-9-16(20-15)11-19(3)14-6-4-13(17)5-7-14/h4-9,12,18H,10-11H2,1-3H3. The molecule has 0 saturated heterocycles. The fourth-order valence-corrected chi connectivity index (χ4v) is 1.93. The van der Waals surface area contributed by atoms with Crippen LogP contribution < -0.4 is 10.2 Å². The van der Waals surface area contributed by atoms with Gasteiger partial charge in [0.15, 0.2) is 0 Å². The van der Waals surface area contributed by atoms with Gasteiger partial charge in [-0.25, -0.2) is 4.39 Å². The van der Waals surface area contributed by atoms with Gasteiger partial charge in [-0.15, -0.1) is 0 Å². The molecule has 1 aromatic heterocycles. The molecule has 0 spiro atoms. The van der Waals surface area contributed by atoms with Crippen LogP contribution in [0, 0.1) is 5.82 Å². The zero-order valence-electron chi connectivity index (χ0n) is 12.2. The van der Waals surface area contributed by atoms with E-state index in [0.29, 0.717) is 12.6 Å². The molecule has 0 amide bonds. The maximum absolute atomic E-state index is 12.9. The molecule has 1 aromatic carbocycles. The number of rotatable bonds is 6. The average Bonchev–Trinajstić information content (AvgIpc) is 2.84. The summed E-state index contributed by atoms with van der Waals surface area (Å²) in [6, 6.07) is 10.9. The quantitative estimate of drug-likeness (QED) is 0.874. The molecular formula is C16H21FN2O. The van der Waals surface area contributed by atoms with Crippen LogP contribution in [0.4, 0.5) is 10.1 Å². The highest BCUT2D eigenvalue weighted by Gasteiger charge is 2.07. The Morgan fingerprint density at radius 1 is 1.10 bits per heavy atom. The summed E-state index contributed by atoms with van der Waals surface area (Å²) in [5.74, 6) is 1.61. The molecule has 2 aromatic rings. The number of furan rings is 1. The van der Waals surface area contributed by atoms with Crippen LogP contribution in [-0.4, -0.2) is 13.1 Å². The first kappa shape index (κ1) is 14.6. The summed E-state index contributed by atoms with van der Waals surface area (Å²) < 4.78 is 18.7. The molecule has 0 aliphatic rings. The van der Waals surface area contributed by atoms with Gasteiger partial charge in [-0.05, 0) is 36.4 Å². The molecular weight excluding hydrogens is 255 g/mol. The van der Waals surface area contributed by atoms with Gasteiger partial charge >= 0.3 is 0 Å². The second kappa shape index (κ2) is 6.57. The summed E-state index contributed by atoms with van der Waals surface area (Å²) in [5, 5.41) is 3.32. The lowest BCUT2D eigenvalue weighted by atomic mass is 10.3. The maximum atomic E-state index is 12.9. The number of hydrogen-bond acceptors (Lipinski definition) is 3. The first-order valence-electron chi connectivity index (χ1n) is 6.82. The zero-order valence-corrected chi connectivity index (χ0v) is 12.2. The Morgan fingerprint density at radius 3 is 2.40 bits per heavy atom. The molecule has 1 N–H and O–H groups in total. The molecule has 0 aliphatic carbocycles. The molecule has 0 atom stereocenters. The molecule has 0 saturated carbocycles. The minimum Gasteiger partial charge on any atom is -0.463 e. The van der Waals surface area contributed by atoms with Crippen molar-refractivity contribution in [3.8, 4) is 0 Å². The summed E-state index contributed by atoms with van der Waals surface area (Å²) in [5.41, 5.74) is 0.963. The Morgan fingerprint density at radius 2 is 1.75 bits per heavy atom. The predicted molar refractivity (Wildman–Crippen MR) is 79.2 cm³/mol. The Kier molecular flexibility index (Phi) is 4.79. The average molecular weight is 276 g/mol. The molecule has 0 radical (unpaired) electrons. The van der Waals surface area contributed by atoms with E-state index in [2.05, 4.69) is 19.2 Å². The summed E-state index contributed by atoms with van der Waals surface area (Å²) in [6.45, 7) is 5.60. The van der Waals surface area contributed by atoms with E-state index in [1.165, 1.54) is 12.1 Å². The van der Waals surface area contributed by atoms with Crippen molar-refractivity contribution in [2.75, 3.05) is 11.9 Å². The molecule has 0 bridgehead atoms. The second-order valence-electron chi connectivity index (χ2n) is 5.24. The third kappa shape index (κ3) is 4.10. The van der Waals surface area contributed by atoms with Gasteiger partial charge in [-0.3, -0.25) is 0 Å². The second-order valence-corrected chi connectivity index (χ2v) is 5.24. The van der Waals surface area contributed by atoms with E-state index in [0.717, 1.165) is 23.8 Å². The van der Waals surface area contributed by atoms with Crippen molar-refractivity contribution < 1.29 is 8.81 Å². The third-order valence-electron chi connectivity index (χ3n) is 3.06. The summed E-state index contributed by atoms with van der Waals surface area (Å²) in [6.07, 6.45) is 0. The highest BCUT2D eigenvalue weighted by molar-refractivity contribution is 5.45. The summed E-state index contributed by atoms with van der Waals surface area (Å²) >= 11 is 0. The van der Waals surface area contributed by atoms with Crippen LogP contribution in [-0.2, 0) is 13.1 Å². The molecule has 2 rings (SSSR count). The molecule has 0 fully saturated rings. The normalized spacial score (nSPS) is 11.1. The fraction of sp³-hybridized carbons (Fsp3) is 0.375. The SMILES string of the molecule is CC(C)NCc1ccc(CN(C)c2ccc(F)cc2)o1. The first-order valence-corrected chi connectivity index (χ1v) is 6.82. The number of nitrogens with zero attached hydrogens (tertiary/aromatic N) is 1. The van der Waals surface area contributed by atoms with Crippen LogP contribution >= 0.6 is 0 Å². The van der Waals surface area contributed by atoms with E-state index < -0.39 is 0 Å². The topological polar surface area (TPSA) is 28.4 Å². The zero-order chi connectivity index (χ0) is 14.5. The molecule has 4 heteroatoms. The van der Waals surface area contributed by atoms with Gasteiger partial charge in [-0.1, -0.05) is 13.8 Å². The Bertz CT molecular complexity index is 534. The van der Waals surface area contributed by atoms with Crippen molar-refractivity contribution >= 4 is 5.69 Å². The van der Waals surface area contributed by atoms with E-state index in [1.807, 2.05) is 24.1 Å². The number of benzene rings is 1. The lowest BCUT2D eigenvalue weighted by Crippen LogP contribution is -2.21. The minimum absolute atomic E-state index is 0.220. The van der Waals surface area contributed by atoms with Crippen LogP contribution in [0.2, 0.25) is 0 Å². The van der Waals surface area contributed by atoms with Crippen LogP contribution in [0.25, 0.3) is 0 Å². The van der Waals surface area contributed by atoms with E-state index in [4.69, 9.17) is 4.42 Å². The van der Waals surface area contributed by atoms with Gasteiger partial charge in [0.25, 0.3) is 0 Å². The van der Waals surface area contributed by atoms with Gasteiger partial charge in [0, 0.05) is 18.8 Å². The number of anilines is 1. The fourth-order valence-electron chi connectivity index (χ4n) is 1.93. The van der Waals surface area contributed by atoms with Crippen LogP contribution in [0.3, 0.4) is 0 Å². The van der Waals surface area contributed by atoms with E-state index >= 15 is 0 Å². The van der Waals surface area contributed by atoms with Gasteiger partial charge in [0.2, 0.25) is 0 Å². The predicted octanol–water partition coefficient (Wildman–Crippen LogP) is 3.55. The minimum atomic E-state index is -0.220. The molecule has 3 nitrogen and oxygen atoms in total. The van der Waals surface area contributed by atoms with Crippen molar-refractivity contribution in [2.24, 2.45) is 0 Å². The number of nitrogens with one attached hydrogen (secondary N) is 1. The third-order valence-corrected chi connectivity index (χ3v) is 3.06. The largest absolute Gasteiger partial charge is 0.463 e. The van der Waals surface area contributed by atoms with Crippen molar-refractivity contribution in [2.45, 2.75) is 33.0 Å².